The number of rotatable bonds is 6. The molecule has 0 saturated heterocycles. The summed E-state index contributed by atoms with van der Waals surface area (Å²) in [7, 11) is 1.66. The van der Waals surface area contributed by atoms with Crippen LogP contribution in [-0.4, -0.2) is 41.2 Å². The molecule has 0 aliphatic carbocycles. The van der Waals surface area contributed by atoms with Gasteiger partial charge in [-0.3, -0.25) is 19.3 Å². The smallest absolute Gasteiger partial charge is 0.262 e. The van der Waals surface area contributed by atoms with E-state index in [0.717, 1.165) is 43.8 Å². The standard InChI is InChI=1S/C31H29N3O4/c1-18-13-14-26(33(5)28(35)16-34-30(36)23-9-6-7-10-24(23)31(34)37)21(4)25(18)17-38-27-12-8-11-22-19(2)15-20(3)32-29(22)27/h6-15H,16-17H2,1-5H3. The Hall–Kier alpha value is -4.52. The first-order chi connectivity index (χ1) is 18.2. The highest BCUT2D eigenvalue weighted by atomic mass is 16.5. The van der Waals surface area contributed by atoms with Gasteiger partial charge in [0, 0.05) is 23.8 Å². The molecule has 4 aromatic rings. The summed E-state index contributed by atoms with van der Waals surface area (Å²) in [5, 5.41) is 1.05. The maximum Gasteiger partial charge on any atom is 0.262 e. The molecule has 0 saturated carbocycles. The van der Waals surface area contributed by atoms with Crippen molar-refractivity contribution in [2.75, 3.05) is 18.5 Å². The molecule has 3 amide bonds. The van der Waals surface area contributed by atoms with Gasteiger partial charge in [0.25, 0.3) is 11.8 Å². The van der Waals surface area contributed by atoms with E-state index in [9.17, 15) is 14.4 Å². The van der Waals surface area contributed by atoms with Crippen molar-refractivity contribution in [1.29, 1.82) is 0 Å². The number of hydrogen-bond donors (Lipinski definition) is 0. The predicted molar refractivity (Wildman–Crippen MR) is 147 cm³/mol. The third kappa shape index (κ3) is 4.30. The van der Waals surface area contributed by atoms with E-state index in [2.05, 4.69) is 13.0 Å². The lowest BCUT2D eigenvalue weighted by molar-refractivity contribution is -0.118. The summed E-state index contributed by atoms with van der Waals surface area (Å²) in [6.07, 6.45) is 0. The summed E-state index contributed by atoms with van der Waals surface area (Å²) >= 11 is 0. The lowest BCUT2D eigenvalue weighted by Gasteiger charge is -2.24. The molecule has 0 radical (unpaired) electrons. The van der Waals surface area contributed by atoms with E-state index < -0.39 is 11.8 Å². The van der Waals surface area contributed by atoms with Gasteiger partial charge < -0.3 is 9.64 Å². The first-order valence-electron chi connectivity index (χ1n) is 12.5. The molecule has 7 nitrogen and oxygen atoms in total. The monoisotopic (exact) mass is 507 g/mol. The molecular formula is C31H29N3O4. The number of carbonyl (C=O) groups excluding carboxylic acids is 3. The van der Waals surface area contributed by atoms with Crippen molar-refractivity contribution in [1.82, 2.24) is 9.88 Å². The van der Waals surface area contributed by atoms with Crippen LogP contribution in [0.1, 0.15) is 48.7 Å². The lowest BCUT2D eigenvalue weighted by Crippen LogP contribution is -2.41. The van der Waals surface area contributed by atoms with E-state index in [1.165, 1.54) is 4.90 Å². The molecule has 7 heteroatoms. The Balaban J connectivity index is 1.37. The minimum Gasteiger partial charge on any atom is -0.487 e. The molecule has 5 rings (SSSR count). The third-order valence-corrected chi connectivity index (χ3v) is 7.22. The van der Waals surface area contributed by atoms with Crippen LogP contribution in [0.3, 0.4) is 0 Å². The van der Waals surface area contributed by atoms with Gasteiger partial charge in [-0.1, -0.05) is 30.3 Å². The van der Waals surface area contributed by atoms with Gasteiger partial charge in [0.2, 0.25) is 5.91 Å². The number of benzene rings is 3. The number of fused-ring (bicyclic) bond motifs is 2. The minimum absolute atomic E-state index is 0.305. The van der Waals surface area contributed by atoms with Crippen molar-refractivity contribution in [2.24, 2.45) is 0 Å². The zero-order valence-corrected chi connectivity index (χ0v) is 22.2. The molecule has 0 unspecified atom stereocenters. The van der Waals surface area contributed by atoms with E-state index in [-0.39, 0.29) is 12.5 Å². The highest BCUT2D eigenvalue weighted by Gasteiger charge is 2.37. The quantitative estimate of drug-likeness (QED) is 0.331. The first kappa shape index (κ1) is 25.1. The number of pyridine rings is 1. The highest BCUT2D eigenvalue weighted by Crippen LogP contribution is 2.31. The molecule has 1 aliphatic heterocycles. The Morgan fingerprint density at radius 1 is 0.895 bits per heavy atom. The number of aromatic nitrogens is 1. The van der Waals surface area contributed by atoms with Crippen molar-refractivity contribution in [2.45, 2.75) is 34.3 Å². The molecule has 1 aliphatic rings. The summed E-state index contributed by atoms with van der Waals surface area (Å²) in [4.78, 5) is 45.9. The Morgan fingerprint density at radius 3 is 2.26 bits per heavy atom. The van der Waals surface area contributed by atoms with Gasteiger partial charge in [-0.2, -0.15) is 0 Å². The minimum atomic E-state index is -0.448. The fourth-order valence-electron chi connectivity index (χ4n) is 5.05. The Morgan fingerprint density at radius 2 is 1.58 bits per heavy atom. The van der Waals surface area contributed by atoms with Crippen LogP contribution >= 0.6 is 0 Å². The topological polar surface area (TPSA) is 79.8 Å². The number of aryl methyl sites for hydroxylation is 3. The largest absolute Gasteiger partial charge is 0.487 e. The average Bonchev–Trinajstić information content (AvgIpc) is 3.13. The number of ether oxygens (including phenoxy) is 1. The van der Waals surface area contributed by atoms with E-state index in [1.807, 2.05) is 51.1 Å². The number of nitrogens with zero attached hydrogens (tertiary/aromatic N) is 3. The normalized spacial score (nSPS) is 12.7. The van der Waals surface area contributed by atoms with Crippen molar-refractivity contribution >= 4 is 34.3 Å². The second-order valence-corrected chi connectivity index (χ2v) is 9.72. The summed E-state index contributed by atoms with van der Waals surface area (Å²) in [5.41, 5.74) is 7.13. The van der Waals surface area contributed by atoms with Crippen molar-refractivity contribution < 1.29 is 19.1 Å². The number of carbonyl (C=O) groups is 3. The Labute approximate surface area is 221 Å². The molecule has 0 bridgehead atoms. The third-order valence-electron chi connectivity index (χ3n) is 7.22. The van der Waals surface area contributed by atoms with Gasteiger partial charge in [-0.05, 0) is 80.3 Å². The average molecular weight is 508 g/mol. The SMILES string of the molecule is Cc1cc(C)c2cccc(OCc3c(C)ccc(N(C)C(=O)CN4C(=O)c5ccccc5C4=O)c3C)c2n1. The maximum absolute atomic E-state index is 13.2. The Kier molecular flexibility index (Phi) is 6.45. The molecule has 192 valence electrons. The van der Waals surface area contributed by atoms with E-state index >= 15 is 0 Å². The lowest BCUT2D eigenvalue weighted by atomic mass is 10.0. The molecule has 38 heavy (non-hydrogen) atoms. The zero-order valence-electron chi connectivity index (χ0n) is 22.2. The van der Waals surface area contributed by atoms with E-state index in [0.29, 0.717) is 29.2 Å². The Bertz CT molecular complexity index is 1590. The van der Waals surface area contributed by atoms with Gasteiger partial charge >= 0.3 is 0 Å². The highest BCUT2D eigenvalue weighted by molar-refractivity contribution is 6.22. The fourth-order valence-corrected chi connectivity index (χ4v) is 5.05. The second kappa shape index (κ2) is 9.74. The van der Waals surface area contributed by atoms with Crippen LogP contribution in [-0.2, 0) is 11.4 Å². The summed E-state index contributed by atoms with van der Waals surface area (Å²) in [6, 6.07) is 18.4. The zero-order chi connectivity index (χ0) is 27.1. The van der Waals surface area contributed by atoms with Gasteiger partial charge in [-0.25, -0.2) is 4.98 Å². The van der Waals surface area contributed by atoms with Gasteiger partial charge in [-0.15, -0.1) is 0 Å². The molecule has 2 heterocycles. The molecule has 3 aromatic carbocycles. The van der Waals surface area contributed by atoms with Crippen LogP contribution in [0.4, 0.5) is 5.69 Å². The van der Waals surface area contributed by atoms with Gasteiger partial charge in [0.05, 0.1) is 11.1 Å². The number of para-hydroxylation sites is 1. The summed E-state index contributed by atoms with van der Waals surface area (Å²) in [6.45, 7) is 7.96. The van der Waals surface area contributed by atoms with E-state index in [1.54, 1.807) is 31.3 Å². The molecule has 0 atom stereocenters. The van der Waals surface area contributed by atoms with Crippen molar-refractivity contribution in [3.63, 3.8) is 0 Å². The number of anilines is 1. The van der Waals surface area contributed by atoms with Crippen LogP contribution in [0.25, 0.3) is 10.9 Å². The van der Waals surface area contributed by atoms with Gasteiger partial charge in [0.1, 0.15) is 24.4 Å². The second-order valence-electron chi connectivity index (χ2n) is 9.72. The van der Waals surface area contributed by atoms with Crippen molar-refractivity contribution in [3.8, 4) is 5.75 Å². The number of amides is 3. The van der Waals surface area contributed by atoms with Crippen LogP contribution in [0, 0.1) is 27.7 Å². The molecule has 0 spiro atoms. The van der Waals surface area contributed by atoms with Crippen LogP contribution in [0.15, 0.2) is 60.7 Å². The van der Waals surface area contributed by atoms with Crippen molar-refractivity contribution in [3.05, 3.63) is 99.7 Å². The fraction of sp³-hybridized carbons (Fsp3) is 0.226. The number of hydrogen-bond acceptors (Lipinski definition) is 5. The number of imide groups is 1. The van der Waals surface area contributed by atoms with Gasteiger partial charge in [0.15, 0.2) is 0 Å². The maximum atomic E-state index is 13.2. The predicted octanol–water partition coefficient (Wildman–Crippen LogP) is 5.31. The van der Waals surface area contributed by atoms with Crippen LogP contribution < -0.4 is 9.64 Å². The molecule has 1 aromatic heterocycles. The molecular weight excluding hydrogens is 478 g/mol. The molecule has 0 fully saturated rings. The first-order valence-corrected chi connectivity index (χ1v) is 12.5. The summed E-state index contributed by atoms with van der Waals surface area (Å²) in [5.74, 6) is -0.552. The number of likely N-dealkylation sites (N-methyl/N-ethyl adjacent to an activating group) is 1. The van der Waals surface area contributed by atoms with Crippen LogP contribution in [0.2, 0.25) is 0 Å². The van der Waals surface area contributed by atoms with E-state index in [4.69, 9.17) is 9.72 Å². The molecule has 0 N–H and O–H groups in total. The van der Waals surface area contributed by atoms with Crippen LogP contribution in [0.5, 0.6) is 5.75 Å². The summed E-state index contributed by atoms with van der Waals surface area (Å²) < 4.78 is 6.28.